The largest absolute Gasteiger partial charge is 0.462 e. The van der Waals surface area contributed by atoms with Crippen molar-refractivity contribution >= 4 is 5.97 Å². The first-order chi connectivity index (χ1) is 12.8. The smallest absolute Gasteiger partial charge is 0.338 e. The minimum absolute atomic E-state index is 0.238. The standard InChI is InChI=1S/C13H10O.C10H12O2/c1-3-7-12-10(5-1)9-11-6-2-4-8-13(11)14-12;1-2-8-12-10(11)9-6-4-3-5-7-9/h1-8H,9H2;3-7H,2,8H2,1H3. The van der Waals surface area contributed by atoms with Crippen molar-refractivity contribution < 1.29 is 14.3 Å². The Balaban J connectivity index is 0.000000153. The number of fused-ring (bicyclic) bond motifs is 2. The number of benzene rings is 3. The summed E-state index contributed by atoms with van der Waals surface area (Å²) in [4.78, 5) is 11.2. The van der Waals surface area contributed by atoms with E-state index in [9.17, 15) is 4.79 Å². The van der Waals surface area contributed by atoms with Gasteiger partial charge in [-0.25, -0.2) is 4.79 Å². The highest BCUT2D eigenvalue weighted by Gasteiger charge is 2.14. The van der Waals surface area contributed by atoms with Gasteiger partial charge in [-0.05, 0) is 41.8 Å². The Morgan fingerprint density at radius 1 is 0.846 bits per heavy atom. The maximum Gasteiger partial charge on any atom is 0.338 e. The lowest BCUT2D eigenvalue weighted by Crippen LogP contribution is -2.05. The van der Waals surface area contributed by atoms with Crippen molar-refractivity contribution in [3.8, 4) is 11.5 Å². The first-order valence-corrected chi connectivity index (χ1v) is 8.83. The van der Waals surface area contributed by atoms with Crippen LogP contribution < -0.4 is 4.74 Å². The van der Waals surface area contributed by atoms with Gasteiger partial charge in [-0.15, -0.1) is 0 Å². The van der Waals surface area contributed by atoms with E-state index in [0.717, 1.165) is 24.3 Å². The van der Waals surface area contributed by atoms with Gasteiger partial charge in [-0.2, -0.15) is 0 Å². The molecule has 0 unspecified atom stereocenters. The molecule has 1 heterocycles. The minimum Gasteiger partial charge on any atom is -0.462 e. The summed E-state index contributed by atoms with van der Waals surface area (Å²) >= 11 is 0. The molecule has 3 aromatic carbocycles. The van der Waals surface area contributed by atoms with Gasteiger partial charge < -0.3 is 9.47 Å². The van der Waals surface area contributed by atoms with Gasteiger partial charge in [-0.1, -0.05) is 61.5 Å². The lowest BCUT2D eigenvalue weighted by atomic mass is 10.0. The van der Waals surface area contributed by atoms with Crippen LogP contribution >= 0.6 is 0 Å². The number of hydrogen-bond donors (Lipinski definition) is 0. The molecular weight excluding hydrogens is 324 g/mol. The van der Waals surface area contributed by atoms with E-state index in [1.807, 2.05) is 49.4 Å². The molecule has 0 bridgehead atoms. The van der Waals surface area contributed by atoms with Crippen LogP contribution in [0.15, 0.2) is 78.9 Å². The van der Waals surface area contributed by atoms with Crippen LogP contribution in [0.25, 0.3) is 0 Å². The predicted molar refractivity (Wildman–Crippen MR) is 103 cm³/mol. The number of esters is 1. The molecule has 0 saturated heterocycles. The molecule has 3 aromatic rings. The zero-order chi connectivity index (χ0) is 18.2. The van der Waals surface area contributed by atoms with Crippen molar-refractivity contribution in [1.82, 2.24) is 0 Å². The molecule has 3 heteroatoms. The molecule has 0 radical (unpaired) electrons. The van der Waals surface area contributed by atoms with Gasteiger partial charge in [0.15, 0.2) is 0 Å². The van der Waals surface area contributed by atoms with Crippen LogP contribution in [-0.2, 0) is 11.2 Å². The second-order valence-electron chi connectivity index (χ2n) is 6.00. The van der Waals surface area contributed by atoms with Crippen molar-refractivity contribution in [2.45, 2.75) is 19.8 Å². The highest BCUT2D eigenvalue weighted by molar-refractivity contribution is 5.89. The van der Waals surface area contributed by atoms with Gasteiger partial charge >= 0.3 is 5.97 Å². The summed E-state index contributed by atoms with van der Waals surface area (Å²) in [5, 5.41) is 0. The van der Waals surface area contributed by atoms with Crippen LogP contribution in [0.1, 0.15) is 34.8 Å². The zero-order valence-corrected chi connectivity index (χ0v) is 14.9. The average molecular weight is 346 g/mol. The number of ether oxygens (including phenoxy) is 2. The van der Waals surface area contributed by atoms with Crippen molar-refractivity contribution in [2.24, 2.45) is 0 Å². The fraction of sp³-hybridized carbons (Fsp3) is 0.174. The molecule has 0 aromatic heterocycles. The molecule has 26 heavy (non-hydrogen) atoms. The van der Waals surface area contributed by atoms with E-state index in [1.54, 1.807) is 12.1 Å². The first kappa shape index (κ1) is 17.7. The molecular formula is C23H22O3. The number of para-hydroxylation sites is 2. The summed E-state index contributed by atoms with van der Waals surface area (Å²) in [6.45, 7) is 2.46. The van der Waals surface area contributed by atoms with Crippen molar-refractivity contribution in [2.75, 3.05) is 6.61 Å². The Kier molecular flexibility index (Phi) is 6.05. The summed E-state index contributed by atoms with van der Waals surface area (Å²) < 4.78 is 10.7. The maximum absolute atomic E-state index is 11.2. The third kappa shape index (κ3) is 4.51. The van der Waals surface area contributed by atoms with Gasteiger partial charge in [0.25, 0.3) is 0 Å². The number of carbonyl (C=O) groups is 1. The van der Waals surface area contributed by atoms with E-state index in [4.69, 9.17) is 9.47 Å². The van der Waals surface area contributed by atoms with Crippen LogP contribution in [0.3, 0.4) is 0 Å². The highest BCUT2D eigenvalue weighted by atomic mass is 16.5. The van der Waals surface area contributed by atoms with E-state index in [2.05, 4.69) is 24.3 Å². The monoisotopic (exact) mass is 346 g/mol. The van der Waals surface area contributed by atoms with Gasteiger partial charge in [0.1, 0.15) is 11.5 Å². The Morgan fingerprint density at radius 2 is 1.38 bits per heavy atom. The Labute approximate surface area is 154 Å². The minimum atomic E-state index is -0.238. The highest BCUT2D eigenvalue weighted by Crippen LogP contribution is 2.35. The fourth-order valence-electron chi connectivity index (χ4n) is 2.67. The molecule has 1 aliphatic heterocycles. The van der Waals surface area contributed by atoms with Crippen LogP contribution in [0, 0.1) is 0 Å². The van der Waals surface area contributed by atoms with E-state index in [1.165, 1.54) is 11.1 Å². The van der Waals surface area contributed by atoms with E-state index >= 15 is 0 Å². The first-order valence-electron chi connectivity index (χ1n) is 8.83. The van der Waals surface area contributed by atoms with Crippen LogP contribution in [-0.4, -0.2) is 12.6 Å². The number of hydrogen-bond acceptors (Lipinski definition) is 3. The van der Waals surface area contributed by atoms with Gasteiger partial charge in [0.05, 0.1) is 12.2 Å². The molecule has 0 spiro atoms. The third-order valence-corrected chi connectivity index (χ3v) is 3.99. The molecule has 4 rings (SSSR count). The molecule has 0 aliphatic carbocycles. The summed E-state index contributed by atoms with van der Waals surface area (Å²) in [5.74, 6) is 1.75. The zero-order valence-electron chi connectivity index (χ0n) is 14.9. The summed E-state index contributed by atoms with van der Waals surface area (Å²) in [6.07, 6.45) is 1.84. The Morgan fingerprint density at radius 3 is 1.96 bits per heavy atom. The number of carbonyl (C=O) groups excluding carboxylic acids is 1. The summed E-state index contributed by atoms with van der Waals surface area (Å²) in [7, 11) is 0. The van der Waals surface area contributed by atoms with E-state index < -0.39 is 0 Å². The van der Waals surface area contributed by atoms with Gasteiger partial charge in [0, 0.05) is 6.42 Å². The SMILES string of the molecule is CCCOC(=O)c1ccccc1.c1ccc2c(c1)Cc1ccccc1O2. The second kappa shape index (κ2) is 8.86. The van der Waals surface area contributed by atoms with Gasteiger partial charge in [-0.3, -0.25) is 0 Å². The third-order valence-electron chi connectivity index (χ3n) is 3.99. The fourth-order valence-corrected chi connectivity index (χ4v) is 2.67. The quantitative estimate of drug-likeness (QED) is 0.451. The van der Waals surface area contributed by atoms with Crippen LogP contribution in [0.4, 0.5) is 0 Å². The Hall–Kier alpha value is -3.07. The molecule has 3 nitrogen and oxygen atoms in total. The maximum atomic E-state index is 11.2. The summed E-state index contributed by atoms with van der Waals surface area (Å²) in [6, 6.07) is 25.4. The molecule has 0 saturated carbocycles. The second-order valence-corrected chi connectivity index (χ2v) is 6.00. The average Bonchev–Trinajstić information content (AvgIpc) is 2.71. The topological polar surface area (TPSA) is 35.5 Å². The predicted octanol–water partition coefficient (Wildman–Crippen LogP) is 5.64. The molecule has 0 amide bonds. The van der Waals surface area contributed by atoms with Crippen molar-refractivity contribution in [3.63, 3.8) is 0 Å². The van der Waals surface area contributed by atoms with Crippen molar-refractivity contribution in [1.29, 1.82) is 0 Å². The Bertz CT molecular complexity index is 769. The normalized spacial score (nSPS) is 11.1. The molecule has 132 valence electrons. The van der Waals surface area contributed by atoms with E-state index in [0.29, 0.717) is 12.2 Å². The lowest BCUT2D eigenvalue weighted by Gasteiger charge is -2.19. The summed E-state index contributed by atoms with van der Waals surface area (Å²) in [5.41, 5.74) is 3.16. The van der Waals surface area contributed by atoms with Crippen molar-refractivity contribution in [3.05, 3.63) is 95.6 Å². The molecule has 0 fully saturated rings. The number of rotatable bonds is 3. The lowest BCUT2D eigenvalue weighted by molar-refractivity contribution is 0.0505. The van der Waals surface area contributed by atoms with Crippen LogP contribution in [0.5, 0.6) is 11.5 Å². The van der Waals surface area contributed by atoms with E-state index in [-0.39, 0.29) is 5.97 Å². The molecule has 1 aliphatic rings. The van der Waals surface area contributed by atoms with Crippen LogP contribution in [0.2, 0.25) is 0 Å². The molecule has 0 atom stereocenters. The molecule has 0 N–H and O–H groups in total. The van der Waals surface area contributed by atoms with Gasteiger partial charge in [0.2, 0.25) is 0 Å².